The SMILES string of the molecule is COC1OC2OP(=O)(O)OC2C1O. The Kier molecular flexibility index (Phi) is 2.20. The summed E-state index contributed by atoms with van der Waals surface area (Å²) < 4.78 is 29.6. The molecule has 0 amide bonds. The van der Waals surface area contributed by atoms with Crippen LogP contribution in [0.2, 0.25) is 0 Å². The number of fused-ring (bicyclic) bond motifs is 1. The van der Waals surface area contributed by atoms with Gasteiger partial charge in [-0.2, -0.15) is 0 Å². The van der Waals surface area contributed by atoms with Crippen molar-refractivity contribution in [1.29, 1.82) is 0 Å². The van der Waals surface area contributed by atoms with Gasteiger partial charge in [0.15, 0.2) is 12.4 Å². The van der Waals surface area contributed by atoms with Crippen molar-refractivity contribution in [2.75, 3.05) is 7.11 Å². The summed E-state index contributed by atoms with van der Waals surface area (Å²) in [6, 6.07) is 0. The summed E-state index contributed by atoms with van der Waals surface area (Å²) in [4.78, 5) is 8.86. The Morgan fingerprint density at radius 2 is 2.15 bits per heavy atom. The number of phosphoric acid groups is 1. The number of aliphatic hydroxyl groups is 1. The molecule has 2 fully saturated rings. The van der Waals surface area contributed by atoms with Crippen LogP contribution in [0.1, 0.15) is 0 Å². The third-order valence-electron chi connectivity index (χ3n) is 1.88. The van der Waals surface area contributed by atoms with Crippen LogP contribution >= 0.6 is 7.82 Å². The fraction of sp³-hybridized carbons (Fsp3) is 1.00. The van der Waals surface area contributed by atoms with Crippen molar-refractivity contribution in [3.63, 3.8) is 0 Å². The molecular weight excluding hydrogens is 203 g/mol. The Morgan fingerprint density at radius 3 is 2.69 bits per heavy atom. The molecule has 2 rings (SSSR count). The van der Waals surface area contributed by atoms with Gasteiger partial charge >= 0.3 is 7.82 Å². The molecule has 0 aromatic rings. The number of phosphoric ester groups is 1. The van der Waals surface area contributed by atoms with Crippen molar-refractivity contribution in [1.82, 2.24) is 0 Å². The molecule has 0 spiro atoms. The maximum absolute atomic E-state index is 10.8. The average molecular weight is 212 g/mol. The summed E-state index contributed by atoms with van der Waals surface area (Å²) in [6.07, 6.45) is -3.98. The fourth-order valence-corrected chi connectivity index (χ4v) is 2.32. The number of ether oxygens (including phenoxy) is 2. The highest BCUT2D eigenvalue weighted by Crippen LogP contribution is 2.55. The number of methoxy groups -OCH3 is 1. The molecule has 0 saturated carbocycles. The van der Waals surface area contributed by atoms with Crippen LogP contribution in [0.5, 0.6) is 0 Å². The van der Waals surface area contributed by atoms with E-state index in [0.717, 1.165) is 0 Å². The van der Waals surface area contributed by atoms with Gasteiger partial charge in [0.05, 0.1) is 0 Å². The lowest BCUT2D eigenvalue weighted by atomic mass is 10.2. The molecule has 2 saturated heterocycles. The van der Waals surface area contributed by atoms with E-state index in [1.807, 2.05) is 0 Å². The third-order valence-corrected chi connectivity index (χ3v) is 2.86. The van der Waals surface area contributed by atoms with Crippen molar-refractivity contribution < 1.29 is 33.1 Å². The van der Waals surface area contributed by atoms with Gasteiger partial charge in [0.1, 0.15) is 6.10 Å². The number of hydrogen-bond donors (Lipinski definition) is 2. The molecule has 2 heterocycles. The second-order valence-electron chi connectivity index (χ2n) is 2.74. The zero-order chi connectivity index (χ0) is 9.64. The van der Waals surface area contributed by atoms with E-state index in [4.69, 9.17) is 14.4 Å². The van der Waals surface area contributed by atoms with Gasteiger partial charge in [-0.05, 0) is 0 Å². The van der Waals surface area contributed by atoms with Crippen LogP contribution in [0.25, 0.3) is 0 Å². The minimum atomic E-state index is -4.04. The highest BCUT2D eigenvalue weighted by atomic mass is 31.2. The van der Waals surface area contributed by atoms with Crippen molar-refractivity contribution >= 4 is 7.82 Å². The van der Waals surface area contributed by atoms with E-state index in [0.29, 0.717) is 0 Å². The molecule has 2 aliphatic heterocycles. The van der Waals surface area contributed by atoms with Crippen LogP contribution in [0.15, 0.2) is 0 Å². The smallest absolute Gasteiger partial charge is 0.385 e. The zero-order valence-corrected chi connectivity index (χ0v) is 7.59. The lowest BCUT2D eigenvalue weighted by molar-refractivity contribution is -0.182. The highest BCUT2D eigenvalue weighted by Gasteiger charge is 2.56. The van der Waals surface area contributed by atoms with E-state index in [1.54, 1.807) is 0 Å². The molecule has 0 aliphatic carbocycles. The highest BCUT2D eigenvalue weighted by molar-refractivity contribution is 7.47. The van der Waals surface area contributed by atoms with Gasteiger partial charge in [0.2, 0.25) is 6.29 Å². The molecule has 0 radical (unpaired) electrons. The van der Waals surface area contributed by atoms with E-state index >= 15 is 0 Å². The van der Waals surface area contributed by atoms with Crippen molar-refractivity contribution in [3.05, 3.63) is 0 Å². The predicted molar refractivity (Wildman–Crippen MR) is 37.5 cm³/mol. The number of hydrogen-bond acceptors (Lipinski definition) is 6. The topological polar surface area (TPSA) is 94.5 Å². The molecule has 0 aromatic carbocycles. The molecule has 5 unspecified atom stereocenters. The van der Waals surface area contributed by atoms with Crippen LogP contribution in [-0.2, 0) is 23.1 Å². The third kappa shape index (κ3) is 1.53. The normalized spacial score (nSPS) is 55.3. The van der Waals surface area contributed by atoms with Gasteiger partial charge in [-0.3, -0.25) is 9.05 Å². The Bertz CT molecular complexity index is 255. The van der Waals surface area contributed by atoms with Gasteiger partial charge in [0.25, 0.3) is 0 Å². The van der Waals surface area contributed by atoms with Crippen molar-refractivity contribution in [2.45, 2.75) is 24.8 Å². The van der Waals surface area contributed by atoms with Gasteiger partial charge in [0, 0.05) is 7.11 Å². The Labute approximate surface area is 73.8 Å². The van der Waals surface area contributed by atoms with Crippen LogP contribution in [0.3, 0.4) is 0 Å². The van der Waals surface area contributed by atoms with Crippen LogP contribution in [0, 0.1) is 0 Å². The van der Waals surface area contributed by atoms with Crippen LogP contribution in [-0.4, -0.2) is 41.9 Å². The molecular formula is C5H9O7P. The monoisotopic (exact) mass is 212 g/mol. The molecule has 13 heavy (non-hydrogen) atoms. The second kappa shape index (κ2) is 2.99. The number of rotatable bonds is 1. The van der Waals surface area contributed by atoms with Gasteiger partial charge < -0.3 is 19.5 Å². The first-order chi connectivity index (χ1) is 6.03. The van der Waals surface area contributed by atoms with Crippen molar-refractivity contribution in [3.8, 4) is 0 Å². The maximum Gasteiger partial charge on any atom is 0.475 e. The zero-order valence-electron chi connectivity index (χ0n) is 6.69. The molecule has 0 aromatic heterocycles. The van der Waals surface area contributed by atoms with Crippen molar-refractivity contribution in [2.24, 2.45) is 0 Å². The summed E-state index contributed by atoms with van der Waals surface area (Å²) in [5.41, 5.74) is 0. The van der Waals surface area contributed by atoms with E-state index in [-0.39, 0.29) is 0 Å². The molecule has 0 bridgehead atoms. The Balaban J connectivity index is 2.11. The second-order valence-corrected chi connectivity index (χ2v) is 4.10. The van der Waals surface area contributed by atoms with Crippen LogP contribution in [0.4, 0.5) is 0 Å². The first-order valence-corrected chi connectivity index (χ1v) is 5.09. The average Bonchev–Trinajstić information content (AvgIpc) is 2.47. The largest absolute Gasteiger partial charge is 0.475 e. The minimum absolute atomic E-state index is 0.879. The molecule has 2 aliphatic rings. The van der Waals surface area contributed by atoms with E-state index in [1.165, 1.54) is 7.11 Å². The van der Waals surface area contributed by atoms with Gasteiger partial charge in [-0.15, -0.1) is 0 Å². The van der Waals surface area contributed by atoms with Gasteiger partial charge in [-0.1, -0.05) is 0 Å². The summed E-state index contributed by atoms with van der Waals surface area (Å²) in [5, 5.41) is 9.40. The summed E-state index contributed by atoms with van der Waals surface area (Å²) in [7, 11) is -2.69. The minimum Gasteiger partial charge on any atom is -0.385 e. The summed E-state index contributed by atoms with van der Waals surface area (Å²) >= 11 is 0. The fourth-order valence-electron chi connectivity index (χ4n) is 1.31. The Morgan fingerprint density at radius 1 is 1.46 bits per heavy atom. The van der Waals surface area contributed by atoms with E-state index in [9.17, 15) is 9.67 Å². The summed E-state index contributed by atoms with van der Waals surface area (Å²) in [6.45, 7) is 0. The summed E-state index contributed by atoms with van der Waals surface area (Å²) in [5.74, 6) is 0. The maximum atomic E-state index is 10.8. The van der Waals surface area contributed by atoms with Gasteiger partial charge in [-0.25, -0.2) is 4.57 Å². The van der Waals surface area contributed by atoms with E-state index in [2.05, 4.69) is 9.05 Å². The number of aliphatic hydroxyl groups excluding tert-OH is 1. The predicted octanol–water partition coefficient (Wildman–Crippen LogP) is -0.808. The molecule has 8 heteroatoms. The van der Waals surface area contributed by atoms with E-state index < -0.39 is 32.6 Å². The standard InChI is InChI=1S/C5H9O7P/c1-9-4-2(6)3-5(10-4)12-13(7,8)11-3/h2-6H,1H3,(H,7,8). The Hall–Kier alpha value is -0.0100. The molecule has 2 N–H and O–H groups in total. The molecule has 7 nitrogen and oxygen atoms in total. The quantitative estimate of drug-likeness (QED) is 0.549. The first-order valence-electron chi connectivity index (χ1n) is 3.59. The first kappa shape index (κ1) is 9.54. The van der Waals surface area contributed by atoms with Crippen LogP contribution < -0.4 is 0 Å². The molecule has 5 atom stereocenters. The molecule has 76 valence electrons. The lowest BCUT2D eigenvalue weighted by Gasteiger charge is -2.14. The lowest BCUT2D eigenvalue weighted by Crippen LogP contribution is -2.32.